The maximum Gasteiger partial charge on any atom is 0.260 e. The number of likely N-dealkylation sites (N-methyl/N-ethyl adjacent to an activating group) is 1. The Labute approximate surface area is 234 Å². The molecule has 3 aromatic rings. The molecule has 0 aliphatic rings. The number of unbranched alkanes of at least 4 members (excludes halogenated alkanes) is 2. The van der Waals surface area contributed by atoms with Crippen LogP contribution in [0.2, 0.25) is 0 Å². The van der Waals surface area contributed by atoms with Gasteiger partial charge >= 0.3 is 0 Å². The van der Waals surface area contributed by atoms with Crippen molar-refractivity contribution in [1.82, 2.24) is 14.2 Å². The Morgan fingerprint density at radius 3 is 2.08 bits per heavy atom. The number of nitrogens with zero attached hydrogens (tertiary/aromatic N) is 4. The van der Waals surface area contributed by atoms with Crippen LogP contribution >= 0.6 is 11.3 Å². The van der Waals surface area contributed by atoms with Gasteiger partial charge in [-0.15, -0.1) is 0 Å². The molecule has 0 unspecified atom stereocenters. The van der Waals surface area contributed by atoms with Crippen LogP contribution < -0.4 is 4.90 Å². The highest BCUT2D eigenvalue weighted by Gasteiger charge is 2.26. The lowest BCUT2D eigenvalue weighted by molar-refractivity contribution is 0.0983. The molecule has 0 saturated heterocycles. The van der Waals surface area contributed by atoms with E-state index >= 15 is 0 Å². The summed E-state index contributed by atoms with van der Waals surface area (Å²) in [6.45, 7) is 11.4. The van der Waals surface area contributed by atoms with Crippen molar-refractivity contribution >= 4 is 42.6 Å². The molecule has 0 N–H and O–H groups in total. The summed E-state index contributed by atoms with van der Waals surface area (Å²) in [5.41, 5.74) is 0.297. The SMILES string of the molecule is CCCCN(CCCC)S(=O)(=O)c1ccc(C(=O)N(CCN(CC)CC)c2nc3c(F)cc(F)cc3s2)cc1. The smallest absolute Gasteiger partial charge is 0.260 e. The zero-order valence-corrected chi connectivity index (χ0v) is 24.8. The number of halogens is 2. The van der Waals surface area contributed by atoms with Crippen LogP contribution in [0.4, 0.5) is 13.9 Å². The van der Waals surface area contributed by atoms with Crippen molar-refractivity contribution in [2.45, 2.75) is 58.3 Å². The van der Waals surface area contributed by atoms with Gasteiger partial charge in [-0.05, 0) is 56.3 Å². The van der Waals surface area contributed by atoms with Crippen LogP contribution in [0, 0.1) is 11.6 Å². The predicted octanol–water partition coefficient (Wildman–Crippen LogP) is 6.15. The second-order valence-electron chi connectivity index (χ2n) is 9.35. The van der Waals surface area contributed by atoms with Crippen LogP contribution in [0.1, 0.15) is 63.7 Å². The molecule has 0 aliphatic heterocycles. The Morgan fingerprint density at radius 2 is 1.51 bits per heavy atom. The standard InChI is InChI=1S/C28H38F2N4O3S2/c1-5-9-15-33(16-10-6-2)39(36,37)23-13-11-21(12-14-23)27(35)34(18-17-32(7-3)8-4)28-31-26-24(30)19-22(29)20-25(26)38-28/h11-14,19-20H,5-10,15-18H2,1-4H3. The van der Waals surface area contributed by atoms with Gasteiger partial charge in [0.2, 0.25) is 10.0 Å². The van der Waals surface area contributed by atoms with Gasteiger partial charge < -0.3 is 4.90 Å². The molecule has 1 amide bonds. The number of carbonyl (C=O) groups excluding carboxylic acids is 1. The van der Waals surface area contributed by atoms with Gasteiger partial charge in [0.25, 0.3) is 5.91 Å². The first-order valence-electron chi connectivity index (χ1n) is 13.6. The molecule has 11 heteroatoms. The Morgan fingerprint density at radius 1 is 0.897 bits per heavy atom. The van der Waals surface area contributed by atoms with Gasteiger partial charge in [0.05, 0.1) is 9.60 Å². The molecular formula is C28H38F2N4O3S2. The van der Waals surface area contributed by atoms with Crippen molar-refractivity contribution in [1.29, 1.82) is 0 Å². The zero-order chi connectivity index (χ0) is 28.6. The molecule has 0 bridgehead atoms. The van der Waals surface area contributed by atoms with Crippen LogP contribution in [-0.2, 0) is 10.0 Å². The van der Waals surface area contributed by atoms with E-state index in [0.29, 0.717) is 24.3 Å². The summed E-state index contributed by atoms with van der Waals surface area (Å²) in [6.07, 6.45) is 3.32. The Hall–Kier alpha value is -2.47. The lowest BCUT2D eigenvalue weighted by Crippen LogP contribution is -2.39. The first kappa shape index (κ1) is 31.1. The fourth-order valence-corrected chi connectivity index (χ4v) is 6.77. The van der Waals surface area contributed by atoms with Gasteiger partial charge in [-0.2, -0.15) is 4.31 Å². The predicted molar refractivity (Wildman–Crippen MR) is 154 cm³/mol. The minimum Gasteiger partial charge on any atom is -0.302 e. The van der Waals surface area contributed by atoms with Gasteiger partial charge in [0.15, 0.2) is 10.9 Å². The van der Waals surface area contributed by atoms with E-state index in [1.54, 1.807) is 0 Å². The van der Waals surface area contributed by atoms with Crippen molar-refractivity contribution < 1.29 is 22.0 Å². The highest BCUT2D eigenvalue weighted by atomic mass is 32.2. The van der Waals surface area contributed by atoms with Gasteiger partial charge in [-0.3, -0.25) is 9.69 Å². The second-order valence-corrected chi connectivity index (χ2v) is 12.3. The molecule has 0 aliphatic carbocycles. The molecule has 7 nitrogen and oxygen atoms in total. The first-order chi connectivity index (χ1) is 18.7. The fourth-order valence-electron chi connectivity index (χ4n) is 4.22. The highest BCUT2D eigenvalue weighted by Crippen LogP contribution is 2.32. The lowest BCUT2D eigenvalue weighted by Gasteiger charge is -2.25. The molecule has 214 valence electrons. The topological polar surface area (TPSA) is 73.8 Å². The number of hydrogen-bond acceptors (Lipinski definition) is 6. The summed E-state index contributed by atoms with van der Waals surface area (Å²) in [4.78, 5) is 21.8. The number of amides is 1. The van der Waals surface area contributed by atoms with E-state index in [1.165, 1.54) is 39.5 Å². The van der Waals surface area contributed by atoms with Crippen molar-refractivity contribution in [3.05, 3.63) is 53.6 Å². The maximum atomic E-state index is 14.4. The van der Waals surface area contributed by atoms with Gasteiger partial charge in [-0.1, -0.05) is 51.9 Å². The summed E-state index contributed by atoms with van der Waals surface area (Å²) in [6, 6.07) is 7.91. The molecule has 0 fully saturated rings. The van der Waals surface area contributed by atoms with Crippen molar-refractivity contribution in [3.63, 3.8) is 0 Å². The first-order valence-corrected chi connectivity index (χ1v) is 15.8. The van der Waals surface area contributed by atoms with E-state index in [2.05, 4.69) is 9.88 Å². The van der Waals surface area contributed by atoms with Crippen LogP contribution in [0.15, 0.2) is 41.3 Å². The molecule has 0 spiro atoms. The molecule has 0 atom stereocenters. The average molecular weight is 581 g/mol. The average Bonchev–Trinajstić information content (AvgIpc) is 3.35. The number of benzene rings is 2. The van der Waals surface area contributed by atoms with Crippen molar-refractivity contribution in [2.75, 3.05) is 44.2 Å². The Balaban J connectivity index is 1.93. The number of rotatable bonds is 15. The minimum atomic E-state index is -3.70. The third-order valence-electron chi connectivity index (χ3n) is 6.67. The fraction of sp³-hybridized carbons (Fsp3) is 0.500. The summed E-state index contributed by atoms with van der Waals surface area (Å²) in [5.74, 6) is -1.88. The summed E-state index contributed by atoms with van der Waals surface area (Å²) < 4.78 is 56.7. The highest BCUT2D eigenvalue weighted by molar-refractivity contribution is 7.89. The summed E-state index contributed by atoms with van der Waals surface area (Å²) >= 11 is 1.04. The van der Waals surface area contributed by atoms with Crippen LogP contribution in [0.25, 0.3) is 10.2 Å². The van der Waals surface area contributed by atoms with Crippen LogP contribution in [-0.4, -0.2) is 67.8 Å². The third-order valence-corrected chi connectivity index (χ3v) is 9.61. The molecule has 2 aromatic carbocycles. The van der Waals surface area contributed by atoms with Crippen LogP contribution in [0.3, 0.4) is 0 Å². The Bertz CT molecular complexity index is 1330. The lowest BCUT2D eigenvalue weighted by atomic mass is 10.2. The van der Waals surface area contributed by atoms with Crippen LogP contribution in [0.5, 0.6) is 0 Å². The summed E-state index contributed by atoms with van der Waals surface area (Å²) in [5, 5.41) is 0.258. The normalized spacial score (nSPS) is 12.1. The van der Waals surface area contributed by atoms with Gasteiger partial charge in [-0.25, -0.2) is 22.2 Å². The van der Waals surface area contributed by atoms with E-state index in [-0.39, 0.29) is 33.6 Å². The molecule has 1 aromatic heterocycles. The maximum absolute atomic E-state index is 14.4. The molecule has 39 heavy (non-hydrogen) atoms. The molecule has 1 heterocycles. The molecule has 0 saturated carbocycles. The molecular weight excluding hydrogens is 542 g/mol. The molecule has 0 radical (unpaired) electrons. The number of fused-ring (bicyclic) bond motifs is 1. The second kappa shape index (κ2) is 14.2. The zero-order valence-electron chi connectivity index (χ0n) is 23.1. The van der Waals surface area contributed by atoms with Crippen molar-refractivity contribution in [3.8, 4) is 0 Å². The van der Waals surface area contributed by atoms with Gasteiger partial charge in [0.1, 0.15) is 11.3 Å². The monoisotopic (exact) mass is 580 g/mol. The van der Waals surface area contributed by atoms with E-state index < -0.39 is 21.7 Å². The molecule has 3 rings (SSSR count). The number of thiazole rings is 1. The number of anilines is 1. The number of aromatic nitrogens is 1. The van der Waals surface area contributed by atoms with E-state index in [4.69, 9.17) is 0 Å². The largest absolute Gasteiger partial charge is 0.302 e. The number of sulfonamides is 1. The number of hydrogen-bond donors (Lipinski definition) is 0. The van der Waals surface area contributed by atoms with E-state index in [0.717, 1.165) is 56.2 Å². The minimum absolute atomic E-state index is 0.0118. The summed E-state index contributed by atoms with van der Waals surface area (Å²) in [7, 11) is -3.70. The third kappa shape index (κ3) is 7.59. The van der Waals surface area contributed by atoms with E-state index in [9.17, 15) is 22.0 Å². The quantitative estimate of drug-likeness (QED) is 0.216. The Kier molecular flexibility index (Phi) is 11.3. The van der Waals surface area contributed by atoms with Gasteiger partial charge in [0, 0.05) is 37.8 Å². The number of carbonyl (C=O) groups is 1. The van der Waals surface area contributed by atoms with Crippen molar-refractivity contribution in [2.24, 2.45) is 0 Å². The van der Waals surface area contributed by atoms with E-state index in [1.807, 2.05) is 27.7 Å².